The molecule has 1 aromatic heterocycles. The highest BCUT2D eigenvalue weighted by atomic mass is 35.5. The molecule has 0 saturated carbocycles. The van der Waals surface area contributed by atoms with Gasteiger partial charge in [-0.3, -0.25) is 0 Å². The SMILES string of the molecule is CCNc1ncccc1COc1ccc(Cl)cc1C. The highest BCUT2D eigenvalue weighted by Gasteiger charge is 2.05. The van der Waals surface area contributed by atoms with Crippen LogP contribution in [0.2, 0.25) is 5.02 Å². The zero-order valence-corrected chi connectivity index (χ0v) is 11.9. The first kappa shape index (κ1) is 13.7. The number of nitrogens with zero attached hydrogens (tertiary/aromatic N) is 1. The maximum atomic E-state index is 5.93. The molecule has 0 saturated heterocycles. The Hall–Kier alpha value is -1.74. The van der Waals surface area contributed by atoms with Crippen LogP contribution in [-0.2, 0) is 6.61 Å². The summed E-state index contributed by atoms with van der Waals surface area (Å²) in [5.41, 5.74) is 2.07. The van der Waals surface area contributed by atoms with E-state index in [1.54, 1.807) is 6.20 Å². The van der Waals surface area contributed by atoms with Gasteiger partial charge in [0.15, 0.2) is 0 Å². The van der Waals surface area contributed by atoms with Crippen LogP contribution in [0.5, 0.6) is 5.75 Å². The van der Waals surface area contributed by atoms with Crippen LogP contribution in [0, 0.1) is 6.92 Å². The molecule has 0 bridgehead atoms. The number of aryl methyl sites for hydroxylation is 1. The van der Waals surface area contributed by atoms with Gasteiger partial charge in [-0.05, 0) is 43.7 Å². The summed E-state index contributed by atoms with van der Waals surface area (Å²) in [5.74, 6) is 1.72. The maximum Gasteiger partial charge on any atom is 0.132 e. The minimum Gasteiger partial charge on any atom is -0.488 e. The van der Waals surface area contributed by atoms with Gasteiger partial charge in [-0.1, -0.05) is 17.7 Å². The minimum atomic E-state index is 0.485. The fourth-order valence-electron chi connectivity index (χ4n) is 1.81. The smallest absolute Gasteiger partial charge is 0.132 e. The Morgan fingerprint density at radius 1 is 1.32 bits per heavy atom. The van der Waals surface area contributed by atoms with Gasteiger partial charge < -0.3 is 10.1 Å². The molecule has 0 atom stereocenters. The molecule has 0 fully saturated rings. The Morgan fingerprint density at radius 2 is 2.16 bits per heavy atom. The van der Waals surface area contributed by atoms with Gasteiger partial charge in [0.1, 0.15) is 18.2 Å². The van der Waals surface area contributed by atoms with Crippen LogP contribution in [0.4, 0.5) is 5.82 Å². The Balaban J connectivity index is 2.10. The number of anilines is 1. The molecule has 0 aliphatic rings. The second-order valence-electron chi connectivity index (χ2n) is 4.24. The number of benzene rings is 1. The Morgan fingerprint density at radius 3 is 2.89 bits per heavy atom. The van der Waals surface area contributed by atoms with Crippen LogP contribution in [0.15, 0.2) is 36.5 Å². The van der Waals surface area contributed by atoms with Crippen molar-refractivity contribution in [2.24, 2.45) is 0 Å². The topological polar surface area (TPSA) is 34.2 Å². The zero-order chi connectivity index (χ0) is 13.7. The van der Waals surface area contributed by atoms with Crippen molar-refractivity contribution in [1.82, 2.24) is 4.98 Å². The molecule has 0 aliphatic carbocycles. The van der Waals surface area contributed by atoms with E-state index in [1.165, 1.54) is 0 Å². The molecule has 100 valence electrons. The third kappa shape index (κ3) is 3.61. The second kappa shape index (κ2) is 6.43. The summed E-state index contributed by atoms with van der Waals surface area (Å²) < 4.78 is 5.83. The van der Waals surface area contributed by atoms with E-state index < -0.39 is 0 Å². The summed E-state index contributed by atoms with van der Waals surface area (Å²) in [4.78, 5) is 4.31. The van der Waals surface area contributed by atoms with Crippen molar-refractivity contribution >= 4 is 17.4 Å². The average Bonchev–Trinajstić information content (AvgIpc) is 2.40. The number of ether oxygens (including phenoxy) is 1. The van der Waals surface area contributed by atoms with E-state index in [0.29, 0.717) is 6.61 Å². The summed E-state index contributed by atoms with van der Waals surface area (Å²) >= 11 is 5.93. The molecule has 1 heterocycles. The third-order valence-corrected chi connectivity index (χ3v) is 2.99. The average molecular weight is 277 g/mol. The van der Waals surface area contributed by atoms with Crippen LogP contribution in [0.3, 0.4) is 0 Å². The Kier molecular flexibility index (Phi) is 4.63. The lowest BCUT2D eigenvalue weighted by Crippen LogP contribution is -2.06. The van der Waals surface area contributed by atoms with E-state index in [4.69, 9.17) is 16.3 Å². The molecule has 4 heteroatoms. The fourth-order valence-corrected chi connectivity index (χ4v) is 2.04. The van der Waals surface area contributed by atoms with Gasteiger partial charge in [-0.25, -0.2) is 4.98 Å². The predicted octanol–water partition coefficient (Wildman–Crippen LogP) is 4.05. The number of pyridine rings is 1. The molecule has 2 aromatic rings. The fraction of sp³-hybridized carbons (Fsp3) is 0.267. The highest BCUT2D eigenvalue weighted by Crippen LogP contribution is 2.23. The normalized spacial score (nSPS) is 10.3. The number of nitrogens with one attached hydrogen (secondary N) is 1. The molecule has 0 radical (unpaired) electrons. The van der Waals surface area contributed by atoms with Gasteiger partial charge in [0.05, 0.1) is 0 Å². The lowest BCUT2D eigenvalue weighted by Gasteiger charge is -2.12. The minimum absolute atomic E-state index is 0.485. The van der Waals surface area contributed by atoms with Gasteiger partial charge in [0, 0.05) is 23.3 Å². The molecule has 19 heavy (non-hydrogen) atoms. The molecular weight excluding hydrogens is 260 g/mol. The molecule has 0 amide bonds. The summed E-state index contributed by atoms with van der Waals surface area (Å²) in [5, 5.41) is 3.95. The number of aromatic nitrogens is 1. The van der Waals surface area contributed by atoms with Gasteiger partial charge >= 0.3 is 0 Å². The van der Waals surface area contributed by atoms with Gasteiger partial charge in [-0.2, -0.15) is 0 Å². The predicted molar refractivity (Wildman–Crippen MR) is 78.9 cm³/mol. The van der Waals surface area contributed by atoms with Crippen LogP contribution in [0.1, 0.15) is 18.1 Å². The van der Waals surface area contributed by atoms with Crippen molar-refractivity contribution in [1.29, 1.82) is 0 Å². The van der Waals surface area contributed by atoms with Crippen LogP contribution in [-0.4, -0.2) is 11.5 Å². The lowest BCUT2D eigenvalue weighted by atomic mass is 10.2. The van der Waals surface area contributed by atoms with Crippen LogP contribution in [0.25, 0.3) is 0 Å². The molecule has 0 aliphatic heterocycles. The van der Waals surface area contributed by atoms with Crippen LogP contribution >= 0.6 is 11.6 Å². The number of rotatable bonds is 5. The monoisotopic (exact) mass is 276 g/mol. The molecular formula is C15H17ClN2O. The Labute approximate surface area is 118 Å². The van der Waals surface area contributed by atoms with Crippen molar-refractivity contribution in [2.75, 3.05) is 11.9 Å². The maximum absolute atomic E-state index is 5.93. The van der Waals surface area contributed by atoms with E-state index in [0.717, 1.165) is 34.3 Å². The van der Waals surface area contributed by atoms with Gasteiger partial charge in [0.2, 0.25) is 0 Å². The molecule has 1 N–H and O–H groups in total. The summed E-state index contributed by atoms with van der Waals surface area (Å²) in [7, 11) is 0. The molecule has 3 nitrogen and oxygen atoms in total. The first-order chi connectivity index (χ1) is 9.20. The number of halogens is 1. The summed E-state index contributed by atoms with van der Waals surface area (Å²) in [6.07, 6.45) is 1.77. The van der Waals surface area contributed by atoms with E-state index in [9.17, 15) is 0 Å². The van der Waals surface area contributed by atoms with Crippen molar-refractivity contribution < 1.29 is 4.74 Å². The van der Waals surface area contributed by atoms with Crippen LogP contribution < -0.4 is 10.1 Å². The van der Waals surface area contributed by atoms with Crippen molar-refractivity contribution in [3.63, 3.8) is 0 Å². The largest absolute Gasteiger partial charge is 0.488 e. The van der Waals surface area contributed by atoms with Crippen molar-refractivity contribution in [2.45, 2.75) is 20.5 Å². The Bertz CT molecular complexity index is 558. The number of hydrogen-bond donors (Lipinski definition) is 1. The van der Waals surface area contributed by atoms with Crippen molar-refractivity contribution in [3.05, 3.63) is 52.7 Å². The quantitative estimate of drug-likeness (QED) is 0.894. The zero-order valence-electron chi connectivity index (χ0n) is 11.1. The summed E-state index contributed by atoms with van der Waals surface area (Å²) in [6.45, 7) is 5.35. The first-order valence-electron chi connectivity index (χ1n) is 6.27. The summed E-state index contributed by atoms with van der Waals surface area (Å²) in [6, 6.07) is 9.54. The number of hydrogen-bond acceptors (Lipinski definition) is 3. The second-order valence-corrected chi connectivity index (χ2v) is 4.68. The molecule has 0 unspecified atom stereocenters. The van der Waals surface area contributed by atoms with E-state index >= 15 is 0 Å². The standard InChI is InChI=1S/C15H17ClN2O/c1-3-17-15-12(5-4-8-18-15)10-19-14-7-6-13(16)9-11(14)2/h4-9H,3,10H2,1-2H3,(H,17,18). The highest BCUT2D eigenvalue weighted by molar-refractivity contribution is 6.30. The van der Waals surface area contributed by atoms with Gasteiger partial charge in [0.25, 0.3) is 0 Å². The van der Waals surface area contributed by atoms with Crippen molar-refractivity contribution in [3.8, 4) is 5.75 Å². The molecule has 0 spiro atoms. The molecule has 1 aromatic carbocycles. The lowest BCUT2D eigenvalue weighted by molar-refractivity contribution is 0.304. The third-order valence-electron chi connectivity index (χ3n) is 2.76. The van der Waals surface area contributed by atoms with Gasteiger partial charge in [-0.15, -0.1) is 0 Å². The first-order valence-corrected chi connectivity index (χ1v) is 6.65. The van der Waals surface area contributed by atoms with E-state index in [1.807, 2.05) is 44.2 Å². The molecule has 2 rings (SSSR count). The van der Waals surface area contributed by atoms with E-state index in [-0.39, 0.29) is 0 Å². The van der Waals surface area contributed by atoms with E-state index in [2.05, 4.69) is 10.3 Å².